The second-order valence-corrected chi connectivity index (χ2v) is 4.36. The summed E-state index contributed by atoms with van der Waals surface area (Å²) in [5.41, 5.74) is 9.04. The molecule has 0 atom stereocenters. The van der Waals surface area contributed by atoms with E-state index in [-0.39, 0.29) is 5.56 Å². The van der Waals surface area contributed by atoms with E-state index in [1.807, 2.05) is 36.4 Å². The molecule has 0 unspecified atom stereocenters. The zero-order chi connectivity index (χ0) is 12.7. The van der Waals surface area contributed by atoms with Gasteiger partial charge in [-0.2, -0.15) is 0 Å². The smallest absolute Gasteiger partial charge is 0.262 e. The molecule has 4 heteroatoms. The lowest BCUT2D eigenvalue weighted by atomic mass is 10.1. The molecule has 1 aromatic heterocycles. The van der Waals surface area contributed by atoms with Crippen molar-refractivity contribution in [1.29, 1.82) is 0 Å². The van der Waals surface area contributed by atoms with E-state index >= 15 is 0 Å². The standard InChI is InChI=1S/C14H13N3O/c1-17-11(9-5-3-2-4-6-9)7-10-8-16-13(15)12(10)14(17)18/h2-7H,8H2,1H3,(H2,15,16). The molecule has 2 aromatic rings. The molecule has 0 aliphatic carbocycles. The molecular formula is C14H13N3O. The number of nitrogens with zero attached hydrogens (tertiary/aromatic N) is 2. The van der Waals surface area contributed by atoms with Gasteiger partial charge in [0.1, 0.15) is 5.84 Å². The molecule has 1 aliphatic heterocycles. The summed E-state index contributed by atoms with van der Waals surface area (Å²) in [6.45, 7) is 0.497. The first-order chi connectivity index (χ1) is 8.68. The summed E-state index contributed by atoms with van der Waals surface area (Å²) in [5.74, 6) is 0.352. The van der Waals surface area contributed by atoms with E-state index in [0.717, 1.165) is 16.8 Å². The zero-order valence-corrected chi connectivity index (χ0v) is 10.1. The molecule has 0 saturated heterocycles. The Hall–Kier alpha value is -2.36. The fourth-order valence-corrected chi connectivity index (χ4v) is 2.28. The Kier molecular flexibility index (Phi) is 2.30. The van der Waals surface area contributed by atoms with E-state index in [4.69, 9.17) is 5.73 Å². The van der Waals surface area contributed by atoms with Crippen molar-refractivity contribution in [3.8, 4) is 11.3 Å². The number of pyridine rings is 1. The number of hydrogen-bond acceptors (Lipinski definition) is 3. The second-order valence-electron chi connectivity index (χ2n) is 4.36. The Bertz CT molecular complexity index is 699. The SMILES string of the molecule is Cn1c(-c2ccccc2)cc2c(c1=O)C(N)=NC2. The van der Waals surface area contributed by atoms with Crippen LogP contribution in [0.25, 0.3) is 11.3 Å². The highest BCUT2D eigenvalue weighted by Gasteiger charge is 2.20. The summed E-state index contributed by atoms with van der Waals surface area (Å²) >= 11 is 0. The summed E-state index contributed by atoms with van der Waals surface area (Å²) in [6.07, 6.45) is 0. The van der Waals surface area contributed by atoms with Gasteiger partial charge in [0.25, 0.3) is 5.56 Å². The van der Waals surface area contributed by atoms with Crippen molar-refractivity contribution in [2.24, 2.45) is 17.8 Å². The summed E-state index contributed by atoms with van der Waals surface area (Å²) in [7, 11) is 1.76. The van der Waals surface area contributed by atoms with Crippen molar-refractivity contribution in [3.05, 3.63) is 57.9 Å². The molecule has 4 nitrogen and oxygen atoms in total. The van der Waals surface area contributed by atoms with E-state index in [0.29, 0.717) is 17.9 Å². The van der Waals surface area contributed by atoms with Crippen molar-refractivity contribution < 1.29 is 0 Å². The predicted octanol–water partition coefficient (Wildman–Crippen LogP) is 1.27. The number of amidine groups is 1. The molecule has 2 N–H and O–H groups in total. The van der Waals surface area contributed by atoms with Crippen LogP contribution in [0.2, 0.25) is 0 Å². The third-order valence-electron chi connectivity index (χ3n) is 3.26. The van der Waals surface area contributed by atoms with Crippen molar-refractivity contribution in [2.45, 2.75) is 6.54 Å². The molecule has 0 amide bonds. The Morgan fingerprint density at radius 3 is 2.72 bits per heavy atom. The van der Waals surface area contributed by atoms with E-state index in [9.17, 15) is 4.79 Å². The lowest BCUT2D eigenvalue weighted by Gasteiger charge is -2.11. The molecule has 1 aliphatic rings. The summed E-state index contributed by atoms with van der Waals surface area (Å²) in [4.78, 5) is 16.4. The average Bonchev–Trinajstić information content (AvgIpc) is 2.76. The maximum atomic E-state index is 12.3. The minimum Gasteiger partial charge on any atom is -0.383 e. The van der Waals surface area contributed by atoms with Gasteiger partial charge in [0.05, 0.1) is 17.8 Å². The number of nitrogens with two attached hydrogens (primary N) is 1. The van der Waals surface area contributed by atoms with Crippen LogP contribution in [0.5, 0.6) is 0 Å². The fourth-order valence-electron chi connectivity index (χ4n) is 2.28. The molecule has 0 fully saturated rings. The van der Waals surface area contributed by atoms with Crippen LogP contribution >= 0.6 is 0 Å². The van der Waals surface area contributed by atoms with Crippen LogP contribution in [0.1, 0.15) is 11.1 Å². The van der Waals surface area contributed by atoms with Crippen molar-refractivity contribution >= 4 is 5.84 Å². The van der Waals surface area contributed by atoms with Crippen LogP contribution in [0, 0.1) is 0 Å². The van der Waals surface area contributed by atoms with Gasteiger partial charge in [0.15, 0.2) is 0 Å². The number of aliphatic imine (C=N–C) groups is 1. The highest BCUT2D eigenvalue weighted by Crippen LogP contribution is 2.22. The minimum absolute atomic E-state index is 0.0786. The van der Waals surface area contributed by atoms with E-state index in [1.54, 1.807) is 11.6 Å². The molecule has 1 aromatic carbocycles. The zero-order valence-electron chi connectivity index (χ0n) is 10.1. The van der Waals surface area contributed by atoms with Gasteiger partial charge in [-0.3, -0.25) is 9.79 Å². The van der Waals surface area contributed by atoms with Crippen molar-refractivity contribution in [3.63, 3.8) is 0 Å². The Morgan fingerprint density at radius 2 is 2.00 bits per heavy atom. The highest BCUT2D eigenvalue weighted by molar-refractivity contribution is 6.00. The second kappa shape index (κ2) is 3.84. The molecule has 3 rings (SSSR count). The van der Waals surface area contributed by atoms with Gasteiger partial charge in [-0.15, -0.1) is 0 Å². The number of benzene rings is 1. The number of rotatable bonds is 1. The lowest BCUT2D eigenvalue weighted by molar-refractivity contribution is 0.861. The molecule has 2 heterocycles. The fraction of sp³-hybridized carbons (Fsp3) is 0.143. The summed E-state index contributed by atoms with van der Waals surface area (Å²) in [5, 5.41) is 0. The van der Waals surface area contributed by atoms with Gasteiger partial charge in [-0.05, 0) is 17.2 Å². The van der Waals surface area contributed by atoms with Crippen molar-refractivity contribution in [1.82, 2.24) is 4.57 Å². The molecular weight excluding hydrogens is 226 g/mol. The molecule has 0 bridgehead atoms. The van der Waals surface area contributed by atoms with Crippen LogP contribution in [-0.4, -0.2) is 10.4 Å². The van der Waals surface area contributed by atoms with Gasteiger partial charge in [-0.25, -0.2) is 0 Å². The largest absolute Gasteiger partial charge is 0.383 e. The first-order valence-electron chi connectivity index (χ1n) is 5.77. The van der Waals surface area contributed by atoms with Gasteiger partial charge in [0, 0.05) is 7.05 Å². The highest BCUT2D eigenvalue weighted by atomic mass is 16.1. The molecule has 0 spiro atoms. The quantitative estimate of drug-likeness (QED) is 0.814. The molecule has 90 valence electrons. The predicted molar refractivity (Wildman–Crippen MR) is 71.5 cm³/mol. The van der Waals surface area contributed by atoms with E-state index in [2.05, 4.69) is 4.99 Å². The topological polar surface area (TPSA) is 60.4 Å². The Morgan fingerprint density at radius 1 is 1.28 bits per heavy atom. The number of fused-ring (bicyclic) bond motifs is 1. The van der Waals surface area contributed by atoms with Gasteiger partial charge in [-0.1, -0.05) is 30.3 Å². The Labute approximate surface area is 104 Å². The Balaban J connectivity index is 2.28. The van der Waals surface area contributed by atoms with Crippen LogP contribution in [0.15, 0.2) is 46.2 Å². The summed E-state index contributed by atoms with van der Waals surface area (Å²) in [6, 6.07) is 11.8. The minimum atomic E-state index is -0.0786. The van der Waals surface area contributed by atoms with Gasteiger partial charge < -0.3 is 10.3 Å². The van der Waals surface area contributed by atoms with Crippen LogP contribution in [0.3, 0.4) is 0 Å². The van der Waals surface area contributed by atoms with Crippen LogP contribution in [-0.2, 0) is 13.6 Å². The van der Waals surface area contributed by atoms with E-state index < -0.39 is 0 Å². The molecule has 18 heavy (non-hydrogen) atoms. The normalized spacial score (nSPS) is 13.3. The van der Waals surface area contributed by atoms with Crippen molar-refractivity contribution in [2.75, 3.05) is 0 Å². The third kappa shape index (κ3) is 1.46. The van der Waals surface area contributed by atoms with Crippen LogP contribution in [0.4, 0.5) is 0 Å². The lowest BCUT2D eigenvalue weighted by Crippen LogP contribution is -2.28. The number of aromatic nitrogens is 1. The third-order valence-corrected chi connectivity index (χ3v) is 3.26. The molecule has 0 saturated carbocycles. The first kappa shape index (κ1) is 10.8. The van der Waals surface area contributed by atoms with Crippen LogP contribution < -0.4 is 11.3 Å². The maximum Gasteiger partial charge on any atom is 0.262 e. The van der Waals surface area contributed by atoms with E-state index in [1.165, 1.54) is 0 Å². The monoisotopic (exact) mass is 239 g/mol. The van der Waals surface area contributed by atoms with Gasteiger partial charge >= 0.3 is 0 Å². The average molecular weight is 239 g/mol. The number of hydrogen-bond donors (Lipinski definition) is 1. The maximum absolute atomic E-state index is 12.3. The first-order valence-corrected chi connectivity index (χ1v) is 5.77. The summed E-state index contributed by atoms with van der Waals surface area (Å²) < 4.78 is 1.63. The van der Waals surface area contributed by atoms with Gasteiger partial charge in [0.2, 0.25) is 0 Å². The molecule has 0 radical (unpaired) electrons.